The van der Waals surface area contributed by atoms with Crippen molar-refractivity contribution in [2.45, 2.75) is 200 Å². The van der Waals surface area contributed by atoms with Gasteiger partial charge in [0, 0.05) is 54.1 Å². The van der Waals surface area contributed by atoms with E-state index < -0.39 is 150 Å². The molecule has 2 aromatic rings. The summed E-state index contributed by atoms with van der Waals surface area (Å²) in [6, 6.07) is 4.20. The molecule has 11 amide bonds. The van der Waals surface area contributed by atoms with Crippen molar-refractivity contribution >= 4 is 65.0 Å². The van der Waals surface area contributed by atoms with E-state index in [1.807, 2.05) is 34.6 Å². The molecule has 0 radical (unpaired) electrons. The van der Waals surface area contributed by atoms with Crippen molar-refractivity contribution in [3.8, 4) is 0 Å². The third kappa shape index (κ3) is 20.3. The highest BCUT2D eigenvalue weighted by Crippen LogP contribution is 2.23. The maximum Gasteiger partial charge on any atom is 0.246 e. The van der Waals surface area contributed by atoms with Gasteiger partial charge in [0.05, 0.1) is 12.5 Å². The van der Waals surface area contributed by atoms with Gasteiger partial charge >= 0.3 is 0 Å². The molecule has 2 aliphatic heterocycles. The molecule has 2 fully saturated rings. The van der Waals surface area contributed by atoms with E-state index >= 15 is 9.59 Å². The van der Waals surface area contributed by atoms with Crippen LogP contribution in [0.3, 0.4) is 0 Å². The Balaban J connectivity index is 1.90. The zero-order valence-corrected chi connectivity index (χ0v) is 53.9. The number of aliphatic hydroxyl groups excluding tert-OH is 1. The predicted octanol–water partition coefficient (Wildman–Crippen LogP) is 2.32. The van der Waals surface area contributed by atoms with Gasteiger partial charge in [0.25, 0.3) is 0 Å². The molecule has 0 aromatic heterocycles. The molecular weight excluding hydrogens is 1110 g/mol. The summed E-state index contributed by atoms with van der Waals surface area (Å²) in [6.45, 7) is 19.2. The quantitative estimate of drug-likeness (QED) is 0.152. The lowest BCUT2D eigenvalue weighted by Crippen LogP contribution is -2.63. The van der Waals surface area contributed by atoms with Gasteiger partial charge in [-0.15, -0.1) is 0 Å². The van der Waals surface area contributed by atoms with Crippen LogP contribution in [0.15, 0.2) is 60.7 Å². The van der Waals surface area contributed by atoms with Crippen LogP contribution in [-0.2, 0) is 65.6 Å². The smallest absolute Gasteiger partial charge is 0.246 e. The number of aliphatic hydroxyl groups is 1. The minimum Gasteiger partial charge on any atom is -0.391 e. The summed E-state index contributed by atoms with van der Waals surface area (Å²) in [6.07, 6.45) is 0.513. The summed E-state index contributed by atoms with van der Waals surface area (Å²) >= 11 is 0. The van der Waals surface area contributed by atoms with Crippen LogP contribution in [0.25, 0.3) is 0 Å². The van der Waals surface area contributed by atoms with E-state index in [4.69, 9.17) is 0 Å². The number of hydrogen-bond acceptors (Lipinski definition) is 12. The summed E-state index contributed by atoms with van der Waals surface area (Å²) in [5.41, 5.74) is 1.26. The number of carbonyl (C=O) groups is 11. The van der Waals surface area contributed by atoms with Gasteiger partial charge in [0.2, 0.25) is 65.0 Å². The lowest BCUT2D eigenvalue weighted by atomic mass is 9.94. The standard InChI is InChI=1S/C64H99N11O12/c1-16-40(8)54-64(87)71(12)42(10)56(79)66-46(34-44-26-20-17-21-27-44)57(80)70-52(43(11)76)58(81)68-47(32-37(2)3)60(83)72(13)50(35-45-28-22-18-23-29-45)63(86)73(14)53(39(6)7)59(82)69-49(62(85)75-30-24-19-25-31-75)36-51(77)65-41(9)55(78)67-48(33-38(4)5)61(84)74(54)15/h17-18,20-23,26-29,37-43,46-50,52-54,76H,16,19,24-25,30-36H2,1-15H3,(H,65,77)(H,66,79)(H,67,78)(H,68,81)(H,69,82)(H,70,80)/t40-,41-,42-,43+,46-,47-,48-,49-,50-,52-,53-,54-/m0/s1. The first-order valence-electron chi connectivity index (χ1n) is 30.8. The van der Waals surface area contributed by atoms with Gasteiger partial charge in [-0.1, -0.05) is 122 Å². The Kier molecular flexibility index (Phi) is 27.8. The highest BCUT2D eigenvalue weighted by atomic mass is 16.3. The van der Waals surface area contributed by atoms with Gasteiger partial charge in [-0.05, 0) is 87.7 Å². The minimum atomic E-state index is -1.70. The molecule has 482 valence electrons. The summed E-state index contributed by atoms with van der Waals surface area (Å²) in [7, 11) is 5.65. The fourth-order valence-corrected chi connectivity index (χ4v) is 11.2. The second kappa shape index (κ2) is 33.6. The molecule has 12 atom stereocenters. The largest absolute Gasteiger partial charge is 0.391 e. The monoisotopic (exact) mass is 1210 g/mol. The number of piperidine rings is 1. The fourth-order valence-electron chi connectivity index (χ4n) is 11.2. The summed E-state index contributed by atoms with van der Waals surface area (Å²) < 4.78 is 0. The molecule has 23 nitrogen and oxygen atoms in total. The number of likely N-dealkylation sites (tertiary alicyclic amines) is 1. The molecule has 0 spiro atoms. The van der Waals surface area contributed by atoms with Crippen molar-refractivity contribution in [3.05, 3.63) is 71.8 Å². The van der Waals surface area contributed by atoms with E-state index in [9.17, 15) is 48.3 Å². The Morgan fingerprint density at radius 2 is 1.02 bits per heavy atom. The maximum absolute atomic E-state index is 15.2. The number of carbonyl (C=O) groups excluding carboxylic acids is 11. The molecule has 2 aromatic carbocycles. The topological polar surface area (TPSA) is 296 Å². The zero-order chi connectivity index (χ0) is 65.1. The number of nitrogens with one attached hydrogen (secondary N) is 6. The van der Waals surface area contributed by atoms with Gasteiger partial charge in [-0.3, -0.25) is 52.7 Å². The molecule has 2 saturated heterocycles. The van der Waals surface area contributed by atoms with Gasteiger partial charge in [-0.25, -0.2) is 0 Å². The van der Waals surface area contributed by atoms with E-state index in [0.717, 1.165) is 6.42 Å². The Hall–Kier alpha value is -7.43. The zero-order valence-electron chi connectivity index (χ0n) is 53.9. The van der Waals surface area contributed by atoms with Crippen LogP contribution in [0.4, 0.5) is 0 Å². The summed E-state index contributed by atoms with van der Waals surface area (Å²) in [4.78, 5) is 167. The number of nitrogens with zero attached hydrogens (tertiary/aromatic N) is 5. The van der Waals surface area contributed by atoms with Crippen LogP contribution in [0, 0.1) is 23.7 Å². The maximum atomic E-state index is 15.2. The van der Waals surface area contributed by atoms with Crippen LogP contribution >= 0.6 is 0 Å². The second-order valence-corrected chi connectivity index (χ2v) is 25.0. The average Bonchev–Trinajstić information content (AvgIpc) is 2.04. The van der Waals surface area contributed by atoms with Crippen molar-refractivity contribution in [2.24, 2.45) is 23.7 Å². The van der Waals surface area contributed by atoms with E-state index in [2.05, 4.69) is 31.9 Å². The fraction of sp³-hybridized carbons (Fsp3) is 0.641. The highest BCUT2D eigenvalue weighted by Gasteiger charge is 2.43. The summed E-state index contributed by atoms with van der Waals surface area (Å²) in [5, 5.41) is 27.5. The van der Waals surface area contributed by atoms with Crippen molar-refractivity contribution in [2.75, 3.05) is 41.3 Å². The first-order valence-corrected chi connectivity index (χ1v) is 30.8. The van der Waals surface area contributed by atoms with Crippen LogP contribution in [0.1, 0.15) is 132 Å². The van der Waals surface area contributed by atoms with E-state index in [0.29, 0.717) is 43.5 Å². The lowest BCUT2D eigenvalue weighted by molar-refractivity contribution is -0.150. The second-order valence-electron chi connectivity index (χ2n) is 25.0. The number of likely N-dealkylation sites (N-methyl/N-ethyl adjacent to an activating group) is 4. The first-order chi connectivity index (χ1) is 40.9. The molecule has 23 heteroatoms. The molecule has 87 heavy (non-hydrogen) atoms. The van der Waals surface area contributed by atoms with Crippen molar-refractivity contribution in [1.29, 1.82) is 0 Å². The molecular formula is C64H99N11O12. The molecule has 4 rings (SSSR count). The van der Waals surface area contributed by atoms with Crippen molar-refractivity contribution in [1.82, 2.24) is 56.4 Å². The van der Waals surface area contributed by atoms with E-state index in [-0.39, 0.29) is 37.5 Å². The molecule has 7 N–H and O–H groups in total. The van der Waals surface area contributed by atoms with Crippen LogP contribution in [0.5, 0.6) is 0 Å². The van der Waals surface area contributed by atoms with Crippen molar-refractivity contribution < 1.29 is 57.8 Å². The molecule has 0 unspecified atom stereocenters. The Bertz CT molecular complexity index is 2690. The van der Waals surface area contributed by atoms with Crippen molar-refractivity contribution in [3.63, 3.8) is 0 Å². The Labute approximate surface area is 514 Å². The highest BCUT2D eigenvalue weighted by molar-refractivity contribution is 6.00. The van der Waals surface area contributed by atoms with Gasteiger partial charge in [0.1, 0.15) is 60.4 Å². The minimum absolute atomic E-state index is 0.0369. The van der Waals surface area contributed by atoms with E-state index in [1.165, 1.54) is 68.6 Å². The summed E-state index contributed by atoms with van der Waals surface area (Å²) in [5.74, 6) is -9.56. The van der Waals surface area contributed by atoms with Crippen LogP contribution in [-0.4, -0.2) is 202 Å². The average molecular weight is 1210 g/mol. The Morgan fingerprint density at radius 1 is 0.529 bits per heavy atom. The molecule has 2 aliphatic rings. The van der Waals surface area contributed by atoms with Crippen LogP contribution < -0.4 is 31.9 Å². The number of rotatable bonds is 13. The third-order valence-electron chi connectivity index (χ3n) is 16.6. The third-order valence-corrected chi connectivity index (χ3v) is 16.6. The SMILES string of the molecule is CC[C@H](C)[C@H]1C(=O)N(C)[C@@H](C)C(=O)N[C@@H](Cc2ccccc2)C(=O)N[C@@H]([C@@H](C)O)C(=O)N[C@@H](CC(C)C)C(=O)N(C)[C@@H](Cc2ccccc2)C(=O)N(C)[C@@H](C(C)C)C(=O)N[C@H](C(=O)N2CCCCC2)CC(=O)N[C@@H](C)C(=O)N[C@@H](CC(C)C)C(=O)N1C. The molecule has 0 saturated carbocycles. The number of hydrogen-bond donors (Lipinski definition) is 7. The van der Waals surface area contributed by atoms with Gasteiger partial charge in [-0.2, -0.15) is 0 Å². The Morgan fingerprint density at radius 3 is 1.53 bits per heavy atom. The molecule has 0 bridgehead atoms. The predicted molar refractivity (Wildman–Crippen MR) is 329 cm³/mol. The van der Waals surface area contributed by atoms with Crippen LogP contribution in [0.2, 0.25) is 0 Å². The van der Waals surface area contributed by atoms with E-state index in [1.54, 1.807) is 86.3 Å². The lowest BCUT2D eigenvalue weighted by Gasteiger charge is -2.38. The number of benzene rings is 2. The first kappa shape index (κ1) is 72.0. The van der Waals surface area contributed by atoms with Gasteiger partial charge < -0.3 is 61.5 Å². The number of amides is 11. The molecule has 2 heterocycles. The normalized spacial score (nSPS) is 26.6. The van der Waals surface area contributed by atoms with Gasteiger partial charge in [0.15, 0.2) is 0 Å². The molecule has 0 aliphatic carbocycles.